The van der Waals surface area contributed by atoms with Gasteiger partial charge in [0.1, 0.15) is 4.90 Å². The lowest BCUT2D eigenvalue weighted by Crippen LogP contribution is -2.15. The quantitative estimate of drug-likeness (QED) is 0.871. The molecule has 0 aliphatic rings. The van der Waals surface area contributed by atoms with E-state index in [4.69, 9.17) is 5.73 Å². The second-order valence-electron chi connectivity index (χ2n) is 3.89. The van der Waals surface area contributed by atoms with Gasteiger partial charge in [-0.3, -0.25) is 14.5 Å². The average Bonchev–Trinajstić information content (AvgIpc) is 2.38. The summed E-state index contributed by atoms with van der Waals surface area (Å²) in [7, 11) is -3.77. The second-order valence-corrected chi connectivity index (χ2v) is 6.49. The molecule has 0 aliphatic carbocycles. The molecule has 1 amide bonds. The number of sulfonamides is 1. The van der Waals surface area contributed by atoms with Crippen molar-refractivity contribution in [1.29, 1.82) is 0 Å². The van der Waals surface area contributed by atoms with Gasteiger partial charge in [-0.05, 0) is 40.2 Å². The number of hydrogen-bond donors (Lipinski definition) is 2. The number of primary amides is 1. The van der Waals surface area contributed by atoms with Crippen molar-refractivity contribution in [3.63, 3.8) is 0 Å². The van der Waals surface area contributed by atoms with Crippen molar-refractivity contribution in [2.45, 2.75) is 4.90 Å². The molecule has 1 heterocycles. The molecule has 0 unspecified atom stereocenters. The SMILES string of the molecule is NC(=O)c1cccc(NS(=O)(=O)c2cncc(Br)c2)c1. The molecule has 3 N–H and O–H groups in total. The Morgan fingerprint density at radius 2 is 2.00 bits per heavy atom. The maximum atomic E-state index is 12.1. The molecule has 20 heavy (non-hydrogen) atoms. The van der Waals surface area contributed by atoms with Crippen LogP contribution in [-0.2, 0) is 10.0 Å². The third kappa shape index (κ3) is 3.34. The summed E-state index contributed by atoms with van der Waals surface area (Å²) >= 11 is 3.15. The lowest BCUT2D eigenvalue weighted by atomic mass is 10.2. The number of halogens is 1. The van der Waals surface area contributed by atoms with Gasteiger partial charge in [0.05, 0.1) is 0 Å². The fourth-order valence-corrected chi connectivity index (χ4v) is 3.04. The van der Waals surface area contributed by atoms with E-state index in [-0.39, 0.29) is 16.1 Å². The van der Waals surface area contributed by atoms with Crippen LogP contribution in [0.15, 0.2) is 52.1 Å². The Balaban J connectivity index is 2.33. The largest absolute Gasteiger partial charge is 0.366 e. The van der Waals surface area contributed by atoms with Gasteiger partial charge < -0.3 is 5.73 Å². The minimum Gasteiger partial charge on any atom is -0.366 e. The highest BCUT2D eigenvalue weighted by Crippen LogP contribution is 2.19. The summed E-state index contributed by atoms with van der Waals surface area (Å²) in [5.41, 5.74) is 5.62. The molecule has 1 aromatic heterocycles. The number of hydrogen-bond acceptors (Lipinski definition) is 4. The van der Waals surface area contributed by atoms with E-state index in [9.17, 15) is 13.2 Å². The van der Waals surface area contributed by atoms with Crippen LogP contribution in [0.5, 0.6) is 0 Å². The van der Waals surface area contributed by atoms with Gasteiger partial charge in [-0.25, -0.2) is 8.42 Å². The number of nitrogens with zero attached hydrogens (tertiary/aromatic N) is 1. The van der Waals surface area contributed by atoms with Crippen molar-refractivity contribution < 1.29 is 13.2 Å². The van der Waals surface area contributed by atoms with Gasteiger partial charge in [0.25, 0.3) is 10.0 Å². The molecule has 104 valence electrons. The van der Waals surface area contributed by atoms with Crippen LogP contribution in [0.25, 0.3) is 0 Å². The first-order valence-electron chi connectivity index (χ1n) is 5.42. The molecule has 0 bridgehead atoms. The maximum Gasteiger partial charge on any atom is 0.263 e. The Morgan fingerprint density at radius 3 is 2.65 bits per heavy atom. The highest BCUT2D eigenvalue weighted by atomic mass is 79.9. The number of nitrogens with two attached hydrogens (primary N) is 1. The summed E-state index contributed by atoms with van der Waals surface area (Å²) in [6.45, 7) is 0. The van der Waals surface area contributed by atoms with E-state index in [2.05, 4.69) is 25.6 Å². The van der Waals surface area contributed by atoms with Crippen molar-refractivity contribution in [3.05, 3.63) is 52.8 Å². The highest BCUT2D eigenvalue weighted by molar-refractivity contribution is 9.10. The van der Waals surface area contributed by atoms with Crippen LogP contribution < -0.4 is 10.5 Å². The van der Waals surface area contributed by atoms with Crippen molar-refractivity contribution >= 4 is 37.5 Å². The number of aromatic nitrogens is 1. The number of benzene rings is 1. The minimum atomic E-state index is -3.77. The molecule has 6 nitrogen and oxygen atoms in total. The van der Waals surface area contributed by atoms with Crippen molar-refractivity contribution in [2.24, 2.45) is 5.73 Å². The van der Waals surface area contributed by atoms with E-state index in [1.165, 1.54) is 42.7 Å². The monoisotopic (exact) mass is 355 g/mol. The maximum absolute atomic E-state index is 12.1. The van der Waals surface area contributed by atoms with Gasteiger partial charge in [0.15, 0.2) is 0 Å². The number of rotatable bonds is 4. The highest BCUT2D eigenvalue weighted by Gasteiger charge is 2.15. The zero-order valence-electron chi connectivity index (χ0n) is 10.1. The molecule has 0 saturated carbocycles. The van der Waals surface area contributed by atoms with Gasteiger partial charge in [0.2, 0.25) is 5.91 Å². The van der Waals surface area contributed by atoms with Crippen molar-refractivity contribution in [1.82, 2.24) is 4.98 Å². The van der Waals surface area contributed by atoms with E-state index in [0.29, 0.717) is 4.47 Å². The molecule has 0 aliphatic heterocycles. The Hall–Kier alpha value is -1.93. The van der Waals surface area contributed by atoms with Crippen molar-refractivity contribution in [2.75, 3.05) is 4.72 Å². The third-order valence-electron chi connectivity index (χ3n) is 2.39. The Labute approximate surface area is 124 Å². The van der Waals surface area contributed by atoms with Crippen LogP contribution in [0.1, 0.15) is 10.4 Å². The molecular formula is C12H10BrN3O3S. The number of carbonyl (C=O) groups excluding carboxylic acids is 1. The molecule has 1 aromatic carbocycles. The summed E-state index contributed by atoms with van der Waals surface area (Å²) in [6, 6.07) is 7.35. The first-order chi connectivity index (χ1) is 9.38. The Morgan fingerprint density at radius 1 is 1.25 bits per heavy atom. The van der Waals surface area contributed by atoms with Crippen LogP contribution in [0.4, 0.5) is 5.69 Å². The van der Waals surface area contributed by atoms with Crippen LogP contribution >= 0.6 is 15.9 Å². The third-order valence-corrected chi connectivity index (χ3v) is 4.17. The molecule has 2 rings (SSSR count). The summed E-state index contributed by atoms with van der Waals surface area (Å²) < 4.78 is 27.2. The zero-order chi connectivity index (χ0) is 14.8. The molecule has 2 aromatic rings. The lowest BCUT2D eigenvalue weighted by Gasteiger charge is -2.08. The number of anilines is 1. The predicted octanol–water partition coefficient (Wildman–Crippen LogP) is 1.74. The molecule has 0 atom stereocenters. The van der Waals surface area contributed by atoms with E-state index in [0.717, 1.165) is 0 Å². The standard InChI is InChI=1S/C12H10BrN3O3S/c13-9-5-11(7-15-6-9)20(18,19)16-10-3-1-2-8(4-10)12(14)17/h1-7,16H,(H2,14,17). The molecule has 8 heteroatoms. The van der Waals surface area contributed by atoms with Gasteiger partial charge in [-0.15, -0.1) is 0 Å². The fourth-order valence-electron chi connectivity index (χ4n) is 1.49. The van der Waals surface area contributed by atoms with E-state index < -0.39 is 15.9 Å². The zero-order valence-corrected chi connectivity index (χ0v) is 12.5. The van der Waals surface area contributed by atoms with E-state index in [1.54, 1.807) is 0 Å². The van der Waals surface area contributed by atoms with Crippen LogP contribution in [0, 0.1) is 0 Å². The number of carbonyl (C=O) groups is 1. The Bertz CT molecular complexity index is 762. The summed E-state index contributed by atoms with van der Waals surface area (Å²) in [6.07, 6.45) is 2.71. The molecule has 0 saturated heterocycles. The van der Waals surface area contributed by atoms with E-state index in [1.807, 2.05) is 0 Å². The van der Waals surface area contributed by atoms with Gasteiger partial charge in [0, 0.05) is 28.1 Å². The summed E-state index contributed by atoms with van der Waals surface area (Å²) in [5.74, 6) is -0.629. The van der Waals surface area contributed by atoms with Gasteiger partial charge >= 0.3 is 0 Å². The van der Waals surface area contributed by atoms with Crippen LogP contribution in [-0.4, -0.2) is 19.3 Å². The number of amides is 1. The number of pyridine rings is 1. The van der Waals surface area contributed by atoms with Gasteiger partial charge in [-0.2, -0.15) is 0 Å². The molecule has 0 radical (unpaired) electrons. The topological polar surface area (TPSA) is 102 Å². The van der Waals surface area contributed by atoms with Gasteiger partial charge in [-0.1, -0.05) is 6.07 Å². The summed E-state index contributed by atoms with van der Waals surface area (Å²) in [5, 5.41) is 0. The van der Waals surface area contributed by atoms with Crippen molar-refractivity contribution in [3.8, 4) is 0 Å². The summed E-state index contributed by atoms with van der Waals surface area (Å²) in [4.78, 5) is 14.9. The van der Waals surface area contributed by atoms with Crippen LogP contribution in [0.3, 0.4) is 0 Å². The molecular weight excluding hydrogens is 346 g/mol. The number of nitrogens with one attached hydrogen (secondary N) is 1. The van der Waals surface area contributed by atoms with Crippen LogP contribution in [0.2, 0.25) is 0 Å². The normalized spacial score (nSPS) is 11.1. The molecule has 0 fully saturated rings. The smallest absolute Gasteiger partial charge is 0.263 e. The van der Waals surface area contributed by atoms with E-state index >= 15 is 0 Å². The first kappa shape index (κ1) is 14.5. The first-order valence-corrected chi connectivity index (χ1v) is 7.69. The second kappa shape index (κ2) is 5.59. The predicted molar refractivity (Wildman–Crippen MR) is 77.7 cm³/mol. The Kier molecular flexibility index (Phi) is 4.05. The molecule has 0 spiro atoms. The minimum absolute atomic E-state index is 0.0105. The fraction of sp³-hybridized carbons (Fsp3) is 0. The average molecular weight is 356 g/mol. The lowest BCUT2D eigenvalue weighted by molar-refractivity contribution is 0.100.